The zero-order chi connectivity index (χ0) is 22.6. The number of anilines is 3. The molecular weight excluding hydrogens is 431 g/mol. The van der Waals surface area contributed by atoms with E-state index in [0.717, 1.165) is 37.8 Å². The molecule has 1 aliphatic rings. The summed E-state index contributed by atoms with van der Waals surface area (Å²) >= 11 is 0. The highest BCUT2D eigenvalue weighted by molar-refractivity contribution is 7.92. The van der Waals surface area contributed by atoms with Crippen molar-refractivity contribution in [2.45, 2.75) is 24.2 Å². The predicted molar refractivity (Wildman–Crippen MR) is 122 cm³/mol. The smallest absolute Gasteiger partial charge is 0.262 e. The van der Waals surface area contributed by atoms with Crippen molar-refractivity contribution in [1.82, 2.24) is 4.98 Å². The summed E-state index contributed by atoms with van der Waals surface area (Å²) in [5.74, 6) is -0.291. The van der Waals surface area contributed by atoms with Gasteiger partial charge >= 0.3 is 0 Å². The Kier molecular flexibility index (Phi) is 6.36. The van der Waals surface area contributed by atoms with Crippen LogP contribution in [0.3, 0.4) is 0 Å². The molecule has 2 N–H and O–H groups in total. The lowest BCUT2D eigenvalue weighted by Gasteiger charge is -2.27. The maximum atomic E-state index is 13.8. The third-order valence-corrected chi connectivity index (χ3v) is 6.57. The molecule has 0 spiro atoms. The van der Waals surface area contributed by atoms with E-state index in [1.54, 1.807) is 12.3 Å². The number of pyridine rings is 1. The molecule has 2 heterocycles. The molecule has 0 atom stereocenters. The molecule has 1 aliphatic heterocycles. The van der Waals surface area contributed by atoms with Crippen LogP contribution in [-0.4, -0.2) is 32.4 Å². The van der Waals surface area contributed by atoms with Gasteiger partial charge in [-0.3, -0.25) is 9.52 Å². The summed E-state index contributed by atoms with van der Waals surface area (Å²) in [6.45, 7) is 1.95. The summed E-state index contributed by atoms with van der Waals surface area (Å²) in [7, 11) is -4.07. The standard InChI is InChI=1S/C23H23FN4O3S/c24-20-9-2-3-10-21(20)27-32(30,31)19-8-6-7-17(15-19)23(29)26-18-11-12-22(25-16-18)28-13-4-1-5-14-28/h2-3,6-12,15-16,27H,1,4-5,13-14H2,(H,26,29). The van der Waals surface area contributed by atoms with Crippen LogP contribution in [0.1, 0.15) is 29.6 Å². The minimum atomic E-state index is -4.07. The number of hydrogen-bond acceptors (Lipinski definition) is 5. The Morgan fingerprint density at radius 2 is 1.75 bits per heavy atom. The number of piperidine rings is 1. The van der Waals surface area contributed by atoms with Crippen LogP contribution in [-0.2, 0) is 10.0 Å². The normalized spacial score (nSPS) is 14.1. The van der Waals surface area contributed by atoms with Crippen LogP contribution in [0.5, 0.6) is 0 Å². The van der Waals surface area contributed by atoms with Crippen molar-refractivity contribution in [2.24, 2.45) is 0 Å². The zero-order valence-corrected chi connectivity index (χ0v) is 18.1. The molecule has 3 aromatic rings. The van der Waals surface area contributed by atoms with Gasteiger partial charge in [0, 0.05) is 18.7 Å². The molecule has 1 saturated heterocycles. The summed E-state index contributed by atoms with van der Waals surface area (Å²) < 4.78 is 41.3. The lowest BCUT2D eigenvalue weighted by Crippen LogP contribution is -2.30. The zero-order valence-electron chi connectivity index (χ0n) is 17.3. The first-order valence-corrected chi connectivity index (χ1v) is 11.8. The highest BCUT2D eigenvalue weighted by Gasteiger charge is 2.18. The fraction of sp³-hybridized carbons (Fsp3) is 0.217. The summed E-state index contributed by atoms with van der Waals surface area (Å²) in [6.07, 6.45) is 5.10. The second kappa shape index (κ2) is 9.35. The molecule has 9 heteroatoms. The lowest BCUT2D eigenvalue weighted by molar-refractivity contribution is 0.102. The van der Waals surface area contributed by atoms with Crippen LogP contribution in [0.2, 0.25) is 0 Å². The summed E-state index contributed by atoms with van der Waals surface area (Å²) in [6, 6.07) is 14.7. The van der Waals surface area contributed by atoms with E-state index >= 15 is 0 Å². The van der Waals surface area contributed by atoms with Gasteiger partial charge in [-0.15, -0.1) is 0 Å². The Balaban J connectivity index is 1.47. The van der Waals surface area contributed by atoms with Crippen molar-refractivity contribution >= 4 is 33.1 Å². The second-order valence-corrected chi connectivity index (χ2v) is 9.20. The SMILES string of the molecule is O=C(Nc1ccc(N2CCCCC2)nc1)c1cccc(S(=O)(=O)Nc2ccccc2F)c1. The van der Waals surface area contributed by atoms with Crippen LogP contribution in [0.4, 0.5) is 21.6 Å². The van der Waals surface area contributed by atoms with Crippen LogP contribution in [0.25, 0.3) is 0 Å². The average molecular weight is 455 g/mol. The number of aromatic nitrogens is 1. The Labute approximate surface area is 186 Å². The van der Waals surface area contributed by atoms with Gasteiger partial charge in [0.2, 0.25) is 0 Å². The van der Waals surface area contributed by atoms with Gasteiger partial charge in [0.25, 0.3) is 15.9 Å². The third-order valence-electron chi connectivity index (χ3n) is 5.21. The molecule has 0 saturated carbocycles. The first-order chi connectivity index (χ1) is 15.4. The van der Waals surface area contributed by atoms with Gasteiger partial charge in [0.15, 0.2) is 0 Å². The lowest BCUT2D eigenvalue weighted by atomic mass is 10.1. The number of rotatable bonds is 6. The van der Waals surface area contributed by atoms with Crippen LogP contribution < -0.4 is 14.9 Å². The van der Waals surface area contributed by atoms with E-state index in [1.807, 2.05) is 6.07 Å². The average Bonchev–Trinajstić information content (AvgIpc) is 2.82. The van der Waals surface area contributed by atoms with E-state index in [9.17, 15) is 17.6 Å². The Hall–Kier alpha value is -3.46. The highest BCUT2D eigenvalue weighted by Crippen LogP contribution is 2.21. The van der Waals surface area contributed by atoms with E-state index in [0.29, 0.717) is 5.69 Å². The molecule has 166 valence electrons. The minimum absolute atomic E-state index is 0.146. The van der Waals surface area contributed by atoms with Gasteiger partial charge in [-0.25, -0.2) is 17.8 Å². The molecule has 0 bridgehead atoms. The predicted octanol–water partition coefficient (Wildman–Crippen LogP) is 4.26. The number of hydrogen-bond donors (Lipinski definition) is 2. The number of para-hydroxylation sites is 1. The van der Waals surface area contributed by atoms with Crippen molar-refractivity contribution in [3.05, 3.63) is 78.2 Å². The van der Waals surface area contributed by atoms with Gasteiger partial charge in [-0.2, -0.15) is 0 Å². The largest absolute Gasteiger partial charge is 0.357 e. The van der Waals surface area contributed by atoms with Crippen molar-refractivity contribution in [2.75, 3.05) is 28.0 Å². The summed E-state index contributed by atoms with van der Waals surface area (Å²) in [4.78, 5) is 19.2. The first-order valence-electron chi connectivity index (χ1n) is 10.3. The monoisotopic (exact) mass is 454 g/mol. The van der Waals surface area contributed by atoms with E-state index in [-0.39, 0.29) is 16.1 Å². The Bertz CT molecular complexity index is 1210. The molecule has 7 nitrogen and oxygen atoms in total. The maximum absolute atomic E-state index is 13.8. The third kappa shape index (κ3) is 5.05. The van der Waals surface area contributed by atoms with Crippen molar-refractivity contribution in [3.8, 4) is 0 Å². The molecule has 1 aromatic heterocycles. The topological polar surface area (TPSA) is 91.4 Å². The first kappa shape index (κ1) is 21.8. The quantitative estimate of drug-likeness (QED) is 0.581. The van der Waals surface area contributed by atoms with Gasteiger partial charge in [-0.1, -0.05) is 18.2 Å². The molecule has 2 aromatic carbocycles. The van der Waals surface area contributed by atoms with Gasteiger partial charge in [0.1, 0.15) is 11.6 Å². The molecule has 1 amide bonds. The highest BCUT2D eigenvalue weighted by atomic mass is 32.2. The fourth-order valence-electron chi connectivity index (χ4n) is 3.53. The maximum Gasteiger partial charge on any atom is 0.262 e. The number of carbonyl (C=O) groups is 1. The van der Waals surface area contributed by atoms with Crippen LogP contribution in [0, 0.1) is 5.82 Å². The van der Waals surface area contributed by atoms with Crippen LogP contribution >= 0.6 is 0 Å². The van der Waals surface area contributed by atoms with E-state index in [2.05, 4.69) is 19.9 Å². The van der Waals surface area contributed by atoms with Gasteiger partial charge in [-0.05, 0) is 61.7 Å². The number of halogens is 1. The number of nitrogens with one attached hydrogen (secondary N) is 2. The number of benzene rings is 2. The fourth-order valence-corrected chi connectivity index (χ4v) is 4.64. The number of nitrogens with zero attached hydrogens (tertiary/aromatic N) is 2. The number of carbonyl (C=O) groups excluding carboxylic acids is 1. The van der Waals surface area contributed by atoms with Crippen LogP contribution in [0.15, 0.2) is 71.8 Å². The number of sulfonamides is 1. The van der Waals surface area contributed by atoms with E-state index in [1.165, 1.54) is 48.9 Å². The Morgan fingerprint density at radius 1 is 0.969 bits per heavy atom. The minimum Gasteiger partial charge on any atom is -0.357 e. The molecule has 0 unspecified atom stereocenters. The van der Waals surface area contributed by atoms with E-state index in [4.69, 9.17) is 0 Å². The molecule has 32 heavy (non-hydrogen) atoms. The van der Waals surface area contributed by atoms with E-state index < -0.39 is 21.7 Å². The second-order valence-electron chi connectivity index (χ2n) is 7.52. The number of amides is 1. The van der Waals surface area contributed by atoms with Gasteiger partial charge < -0.3 is 10.2 Å². The van der Waals surface area contributed by atoms with Crippen molar-refractivity contribution in [3.63, 3.8) is 0 Å². The molecule has 0 radical (unpaired) electrons. The Morgan fingerprint density at radius 3 is 2.47 bits per heavy atom. The molecule has 1 fully saturated rings. The summed E-state index contributed by atoms with van der Waals surface area (Å²) in [5, 5.41) is 2.73. The molecule has 4 rings (SSSR count). The molecule has 0 aliphatic carbocycles. The van der Waals surface area contributed by atoms with Crippen molar-refractivity contribution in [1.29, 1.82) is 0 Å². The van der Waals surface area contributed by atoms with Crippen molar-refractivity contribution < 1.29 is 17.6 Å². The summed E-state index contributed by atoms with van der Waals surface area (Å²) in [5.41, 5.74) is 0.497. The van der Waals surface area contributed by atoms with Gasteiger partial charge in [0.05, 0.1) is 22.5 Å². The molecular formula is C23H23FN4O3S.